The smallest absolute Gasteiger partial charge is 0.134 e. The first-order chi connectivity index (χ1) is 10.2. The number of aliphatic hydroxyl groups is 1. The van der Waals surface area contributed by atoms with E-state index in [-0.39, 0.29) is 23.3 Å². The number of aliphatic hydroxyl groups excluding tert-OH is 1. The largest absolute Gasteiger partial charge is 0.496 e. The minimum Gasteiger partial charge on any atom is -0.496 e. The highest BCUT2D eigenvalue weighted by atomic mass is 16.6. The molecular weight excluding hydrogens is 270 g/mol. The predicted molar refractivity (Wildman–Crippen MR) is 76.3 cm³/mol. The first-order valence-corrected chi connectivity index (χ1v) is 7.42. The first kappa shape index (κ1) is 13.5. The van der Waals surface area contributed by atoms with Gasteiger partial charge in [0.25, 0.3) is 0 Å². The van der Waals surface area contributed by atoms with Gasteiger partial charge in [0.2, 0.25) is 0 Å². The second-order valence-electron chi connectivity index (χ2n) is 6.53. The summed E-state index contributed by atoms with van der Waals surface area (Å²) in [5.41, 5.74) is 0.461. The van der Waals surface area contributed by atoms with Crippen molar-refractivity contribution in [1.82, 2.24) is 5.32 Å². The van der Waals surface area contributed by atoms with E-state index >= 15 is 0 Å². The van der Waals surface area contributed by atoms with Crippen molar-refractivity contribution in [3.63, 3.8) is 0 Å². The van der Waals surface area contributed by atoms with Crippen LogP contribution < -0.4 is 10.1 Å². The third-order valence-electron chi connectivity index (χ3n) is 5.30. The molecule has 0 radical (unpaired) electrons. The molecule has 3 saturated heterocycles. The quantitative estimate of drug-likeness (QED) is 0.842. The summed E-state index contributed by atoms with van der Waals surface area (Å²) in [7, 11) is 1.69. The third kappa shape index (κ3) is 1.72. The van der Waals surface area contributed by atoms with Crippen LogP contribution >= 0.6 is 0 Å². The van der Waals surface area contributed by atoms with E-state index in [0.29, 0.717) is 13.2 Å². The van der Waals surface area contributed by atoms with Crippen LogP contribution in [0.3, 0.4) is 0 Å². The molecule has 0 amide bonds. The molecule has 0 atom stereocenters. The van der Waals surface area contributed by atoms with Gasteiger partial charge in [0.15, 0.2) is 0 Å². The molecule has 5 nitrogen and oxygen atoms in total. The summed E-state index contributed by atoms with van der Waals surface area (Å²) in [6.07, 6.45) is 1.71. The molecular formula is C16H21NO4. The average Bonchev–Trinajstić information content (AvgIpc) is 2.91. The molecule has 5 heteroatoms. The summed E-state index contributed by atoms with van der Waals surface area (Å²) in [6, 6.07) is 8.03. The van der Waals surface area contributed by atoms with Gasteiger partial charge in [0.1, 0.15) is 11.4 Å². The molecule has 1 saturated carbocycles. The Morgan fingerprint density at radius 3 is 2.67 bits per heavy atom. The zero-order chi connectivity index (χ0) is 14.6. The van der Waals surface area contributed by atoms with Gasteiger partial charge in [0, 0.05) is 24.9 Å². The van der Waals surface area contributed by atoms with Crippen molar-refractivity contribution >= 4 is 0 Å². The molecule has 1 aromatic rings. The maximum atomic E-state index is 9.58. The molecule has 114 valence electrons. The van der Waals surface area contributed by atoms with Crippen LogP contribution in [-0.2, 0) is 16.0 Å². The van der Waals surface area contributed by atoms with Gasteiger partial charge in [-0.25, -0.2) is 0 Å². The molecule has 3 heterocycles. The van der Waals surface area contributed by atoms with Crippen LogP contribution in [0.5, 0.6) is 5.75 Å². The Hall–Kier alpha value is -1.14. The summed E-state index contributed by atoms with van der Waals surface area (Å²) in [5, 5.41) is 13.3. The SMILES string of the molecule is COc1ccccc1CNC12CC(CO)(C1)OC21COC1. The Kier molecular flexibility index (Phi) is 2.85. The van der Waals surface area contributed by atoms with Gasteiger partial charge < -0.3 is 24.6 Å². The van der Waals surface area contributed by atoms with Crippen LogP contribution in [-0.4, -0.2) is 48.8 Å². The fourth-order valence-corrected chi connectivity index (χ4v) is 4.12. The van der Waals surface area contributed by atoms with E-state index in [1.807, 2.05) is 18.2 Å². The molecule has 5 rings (SSSR count). The van der Waals surface area contributed by atoms with E-state index in [2.05, 4.69) is 11.4 Å². The Morgan fingerprint density at radius 2 is 2.05 bits per heavy atom. The molecule has 0 unspecified atom stereocenters. The lowest BCUT2D eigenvalue weighted by molar-refractivity contribution is -0.212. The van der Waals surface area contributed by atoms with Gasteiger partial charge in [-0.1, -0.05) is 18.2 Å². The number of nitrogens with one attached hydrogen (secondary N) is 1. The highest BCUT2D eigenvalue weighted by molar-refractivity contribution is 5.35. The zero-order valence-corrected chi connectivity index (χ0v) is 12.2. The van der Waals surface area contributed by atoms with Gasteiger partial charge in [-0.3, -0.25) is 0 Å². The lowest BCUT2D eigenvalue weighted by Crippen LogP contribution is -2.70. The van der Waals surface area contributed by atoms with Gasteiger partial charge in [-0.05, 0) is 6.07 Å². The Labute approximate surface area is 124 Å². The summed E-state index contributed by atoms with van der Waals surface area (Å²) >= 11 is 0. The van der Waals surface area contributed by atoms with Crippen molar-refractivity contribution in [3.8, 4) is 5.75 Å². The van der Waals surface area contributed by atoms with Crippen molar-refractivity contribution in [2.45, 2.75) is 36.1 Å². The first-order valence-electron chi connectivity index (χ1n) is 7.42. The summed E-state index contributed by atoms with van der Waals surface area (Å²) in [5.74, 6) is 0.895. The molecule has 1 spiro atoms. The molecule has 1 aliphatic carbocycles. The molecule has 4 aliphatic rings. The fraction of sp³-hybridized carbons (Fsp3) is 0.625. The van der Waals surface area contributed by atoms with E-state index < -0.39 is 0 Å². The zero-order valence-electron chi connectivity index (χ0n) is 12.2. The van der Waals surface area contributed by atoms with Crippen molar-refractivity contribution in [3.05, 3.63) is 29.8 Å². The highest BCUT2D eigenvalue weighted by Gasteiger charge is 2.77. The Bertz CT molecular complexity index is 549. The van der Waals surface area contributed by atoms with E-state index in [9.17, 15) is 5.11 Å². The number of rotatable bonds is 5. The van der Waals surface area contributed by atoms with E-state index in [1.165, 1.54) is 0 Å². The van der Waals surface area contributed by atoms with E-state index in [1.54, 1.807) is 7.11 Å². The third-order valence-corrected chi connectivity index (χ3v) is 5.30. The summed E-state index contributed by atoms with van der Waals surface area (Å²) in [4.78, 5) is 0. The molecule has 1 aromatic carbocycles. The fourth-order valence-electron chi connectivity index (χ4n) is 4.12. The van der Waals surface area contributed by atoms with Crippen LogP contribution in [0.2, 0.25) is 0 Å². The Balaban J connectivity index is 1.52. The summed E-state index contributed by atoms with van der Waals surface area (Å²) < 4.78 is 17.0. The molecule has 3 aliphatic heterocycles. The van der Waals surface area contributed by atoms with Gasteiger partial charge >= 0.3 is 0 Å². The standard InChI is InChI=1S/C16H21NO4/c1-19-13-5-3-2-4-12(13)6-17-15-7-14(8-15,9-18)21-16(15)10-20-11-16/h2-5,17-18H,6-11H2,1H3. The van der Waals surface area contributed by atoms with Gasteiger partial charge in [-0.2, -0.15) is 0 Å². The topological polar surface area (TPSA) is 60.0 Å². The second kappa shape index (κ2) is 4.43. The highest BCUT2D eigenvalue weighted by Crippen LogP contribution is 2.62. The monoisotopic (exact) mass is 291 g/mol. The number of para-hydroxylation sites is 1. The number of methoxy groups -OCH3 is 1. The molecule has 2 N–H and O–H groups in total. The lowest BCUT2D eigenvalue weighted by Gasteiger charge is -2.51. The van der Waals surface area contributed by atoms with Crippen LogP contribution in [0, 0.1) is 0 Å². The maximum Gasteiger partial charge on any atom is 0.134 e. The Morgan fingerprint density at radius 1 is 1.29 bits per heavy atom. The predicted octanol–water partition coefficient (Wildman–Crippen LogP) is 0.848. The van der Waals surface area contributed by atoms with E-state index in [0.717, 1.165) is 30.7 Å². The van der Waals surface area contributed by atoms with Crippen molar-refractivity contribution in [1.29, 1.82) is 0 Å². The maximum absolute atomic E-state index is 9.58. The van der Waals surface area contributed by atoms with Crippen molar-refractivity contribution in [2.75, 3.05) is 26.9 Å². The number of benzene rings is 1. The minimum absolute atomic E-state index is 0.0746. The van der Waals surface area contributed by atoms with Crippen LogP contribution in [0.25, 0.3) is 0 Å². The van der Waals surface area contributed by atoms with Crippen LogP contribution in [0.15, 0.2) is 24.3 Å². The van der Waals surface area contributed by atoms with Gasteiger partial charge in [-0.15, -0.1) is 0 Å². The molecule has 21 heavy (non-hydrogen) atoms. The number of ether oxygens (including phenoxy) is 3. The van der Waals surface area contributed by atoms with Gasteiger partial charge in [0.05, 0.1) is 38.1 Å². The molecule has 4 fully saturated rings. The lowest BCUT2D eigenvalue weighted by atomic mass is 9.61. The van der Waals surface area contributed by atoms with E-state index in [4.69, 9.17) is 14.2 Å². The number of hydrogen-bond donors (Lipinski definition) is 2. The molecule has 2 bridgehead atoms. The summed E-state index contributed by atoms with van der Waals surface area (Å²) in [6.45, 7) is 2.06. The normalized spacial score (nSPS) is 35.3. The molecule has 0 aromatic heterocycles. The average molecular weight is 291 g/mol. The second-order valence-corrected chi connectivity index (χ2v) is 6.53. The number of hydrogen-bond acceptors (Lipinski definition) is 5. The van der Waals surface area contributed by atoms with Crippen molar-refractivity contribution < 1.29 is 19.3 Å². The van der Waals surface area contributed by atoms with Crippen LogP contribution in [0.1, 0.15) is 18.4 Å². The van der Waals surface area contributed by atoms with Crippen LogP contribution in [0.4, 0.5) is 0 Å². The minimum atomic E-state index is -0.350. The van der Waals surface area contributed by atoms with Crippen molar-refractivity contribution in [2.24, 2.45) is 0 Å².